The molecule has 0 aliphatic carbocycles. The highest BCUT2D eigenvalue weighted by molar-refractivity contribution is 8.25. The minimum absolute atomic E-state index is 0.0491. The number of esters is 2. The molecule has 0 saturated carbocycles. The average molecular weight is 318 g/mol. The van der Waals surface area contributed by atoms with Crippen LogP contribution in [-0.2, 0) is 19.1 Å². The van der Waals surface area contributed by atoms with Crippen LogP contribution in [0, 0.1) is 5.92 Å². The van der Waals surface area contributed by atoms with Crippen LogP contribution in [0.2, 0.25) is 0 Å². The van der Waals surface area contributed by atoms with E-state index in [9.17, 15) is 9.59 Å². The smallest absolute Gasteiger partial charge is 0.347 e. The third-order valence-electron chi connectivity index (χ3n) is 2.11. The van der Waals surface area contributed by atoms with E-state index in [1.807, 2.05) is 13.8 Å². The average Bonchev–Trinajstić information content (AvgIpc) is 2.77. The molecule has 20 heavy (non-hydrogen) atoms. The van der Waals surface area contributed by atoms with Crippen molar-refractivity contribution >= 4 is 35.5 Å². The molecule has 1 aliphatic heterocycles. The van der Waals surface area contributed by atoms with Gasteiger partial charge in [-0.1, -0.05) is 13.8 Å². The van der Waals surface area contributed by atoms with Gasteiger partial charge in [-0.2, -0.15) is 0 Å². The van der Waals surface area contributed by atoms with Gasteiger partial charge in [-0.25, -0.2) is 9.59 Å². The van der Waals surface area contributed by atoms with Gasteiger partial charge in [-0.05, 0) is 26.7 Å². The first-order valence-corrected chi connectivity index (χ1v) is 8.58. The Hall–Kier alpha value is -0.620. The predicted molar refractivity (Wildman–Crippen MR) is 83.6 cm³/mol. The summed E-state index contributed by atoms with van der Waals surface area (Å²) in [5, 5.41) is 0. The molecule has 0 aromatic heterocycles. The normalized spacial score (nSPS) is 15.4. The summed E-state index contributed by atoms with van der Waals surface area (Å²) < 4.78 is 11.2. The van der Waals surface area contributed by atoms with E-state index < -0.39 is 17.5 Å². The molecular weight excluding hydrogens is 296 g/mol. The molecule has 0 unspecified atom stereocenters. The molecule has 1 heterocycles. The lowest BCUT2D eigenvalue weighted by molar-refractivity contribution is -0.154. The van der Waals surface area contributed by atoms with E-state index in [-0.39, 0.29) is 11.5 Å². The highest BCUT2D eigenvalue weighted by Gasteiger charge is 2.31. The maximum absolute atomic E-state index is 12.2. The van der Waals surface area contributed by atoms with Gasteiger partial charge in [-0.3, -0.25) is 0 Å². The van der Waals surface area contributed by atoms with Crippen molar-refractivity contribution in [2.24, 2.45) is 5.92 Å². The monoisotopic (exact) mass is 318 g/mol. The van der Waals surface area contributed by atoms with Gasteiger partial charge in [0, 0.05) is 11.5 Å². The van der Waals surface area contributed by atoms with Crippen molar-refractivity contribution < 1.29 is 19.1 Å². The summed E-state index contributed by atoms with van der Waals surface area (Å²) >= 11 is 3.02. The van der Waals surface area contributed by atoms with E-state index in [1.54, 1.807) is 20.8 Å². The topological polar surface area (TPSA) is 52.6 Å². The fourth-order valence-corrected chi connectivity index (χ4v) is 3.84. The Morgan fingerprint density at radius 2 is 1.70 bits per heavy atom. The molecule has 1 fully saturated rings. The molecule has 0 aromatic rings. The molecule has 0 atom stereocenters. The first-order chi connectivity index (χ1) is 9.20. The summed E-state index contributed by atoms with van der Waals surface area (Å²) in [7, 11) is 0. The van der Waals surface area contributed by atoms with Crippen LogP contribution in [0.25, 0.3) is 0 Å². The van der Waals surface area contributed by atoms with Gasteiger partial charge in [-0.15, -0.1) is 23.5 Å². The number of hydrogen-bond donors (Lipinski definition) is 0. The number of carbonyl (C=O) groups is 2. The lowest BCUT2D eigenvalue weighted by Crippen LogP contribution is -2.28. The van der Waals surface area contributed by atoms with Crippen LogP contribution in [-0.4, -0.2) is 35.7 Å². The molecular formula is C14H22O4S2. The molecule has 114 valence electrons. The SMILES string of the molecule is CC(C)COC(=O)C(C(=O)OC(C)(C)C)=C1SCCS1. The summed E-state index contributed by atoms with van der Waals surface area (Å²) in [5.74, 6) is 0.841. The Kier molecular flexibility index (Phi) is 6.45. The Balaban J connectivity index is 2.89. The molecule has 0 N–H and O–H groups in total. The predicted octanol–water partition coefficient (Wildman–Crippen LogP) is 3.22. The Morgan fingerprint density at radius 1 is 1.15 bits per heavy atom. The Labute approximate surface area is 129 Å². The molecule has 1 rings (SSSR count). The van der Waals surface area contributed by atoms with E-state index in [4.69, 9.17) is 9.47 Å². The van der Waals surface area contributed by atoms with Crippen LogP contribution < -0.4 is 0 Å². The first kappa shape index (κ1) is 17.4. The summed E-state index contributed by atoms with van der Waals surface area (Å²) in [6.07, 6.45) is 0. The van der Waals surface area contributed by atoms with Crippen LogP contribution in [0.1, 0.15) is 34.6 Å². The van der Waals surface area contributed by atoms with E-state index in [1.165, 1.54) is 23.5 Å². The standard InChI is InChI=1S/C14H22O4S2/c1-9(2)8-17-11(15)10(13-19-6-7-20-13)12(16)18-14(3,4)5/h9H,6-8H2,1-5H3. The number of rotatable bonds is 4. The van der Waals surface area contributed by atoms with Crippen molar-refractivity contribution in [3.05, 3.63) is 9.81 Å². The van der Waals surface area contributed by atoms with Crippen LogP contribution in [0.3, 0.4) is 0 Å². The van der Waals surface area contributed by atoms with E-state index >= 15 is 0 Å². The van der Waals surface area contributed by atoms with Gasteiger partial charge in [0.05, 0.1) is 10.8 Å². The van der Waals surface area contributed by atoms with E-state index in [2.05, 4.69) is 0 Å². The fraction of sp³-hybridized carbons (Fsp3) is 0.714. The Bertz CT molecular complexity index is 400. The van der Waals surface area contributed by atoms with Gasteiger partial charge in [0.2, 0.25) is 0 Å². The van der Waals surface area contributed by atoms with Gasteiger partial charge in [0.1, 0.15) is 5.60 Å². The van der Waals surface area contributed by atoms with Gasteiger partial charge in [0.15, 0.2) is 5.57 Å². The van der Waals surface area contributed by atoms with Gasteiger partial charge >= 0.3 is 11.9 Å². The molecule has 0 amide bonds. The van der Waals surface area contributed by atoms with Crippen molar-refractivity contribution in [2.45, 2.75) is 40.2 Å². The number of thioether (sulfide) groups is 2. The molecule has 0 spiro atoms. The van der Waals surface area contributed by atoms with Crippen LogP contribution >= 0.6 is 23.5 Å². The maximum atomic E-state index is 12.2. The van der Waals surface area contributed by atoms with Crippen molar-refractivity contribution in [3.63, 3.8) is 0 Å². The second-order valence-electron chi connectivity index (χ2n) is 5.85. The summed E-state index contributed by atoms with van der Waals surface area (Å²) in [4.78, 5) is 24.4. The number of ether oxygens (including phenoxy) is 2. The van der Waals surface area contributed by atoms with Crippen LogP contribution in [0.5, 0.6) is 0 Å². The Morgan fingerprint density at radius 3 is 2.15 bits per heavy atom. The van der Waals surface area contributed by atoms with Crippen LogP contribution in [0.15, 0.2) is 9.81 Å². The quantitative estimate of drug-likeness (QED) is 0.343. The zero-order valence-corrected chi connectivity index (χ0v) is 14.3. The molecule has 4 nitrogen and oxygen atoms in total. The molecule has 0 radical (unpaired) electrons. The minimum atomic E-state index is -0.630. The number of carbonyl (C=O) groups excluding carboxylic acids is 2. The molecule has 1 saturated heterocycles. The van der Waals surface area contributed by atoms with Gasteiger partial charge < -0.3 is 9.47 Å². The fourth-order valence-electron chi connectivity index (χ4n) is 1.35. The molecule has 0 aromatic carbocycles. The molecule has 0 bridgehead atoms. The van der Waals surface area contributed by atoms with Crippen molar-refractivity contribution in [3.8, 4) is 0 Å². The molecule has 6 heteroatoms. The largest absolute Gasteiger partial charge is 0.462 e. The third kappa shape index (κ3) is 5.79. The van der Waals surface area contributed by atoms with Crippen LogP contribution in [0.4, 0.5) is 0 Å². The zero-order chi connectivity index (χ0) is 15.3. The summed E-state index contributed by atoms with van der Waals surface area (Å²) in [6.45, 7) is 9.54. The van der Waals surface area contributed by atoms with Crippen molar-refractivity contribution in [1.82, 2.24) is 0 Å². The lowest BCUT2D eigenvalue weighted by atomic mass is 10.2. The second kappa shape index (κ2) is 7.41. The highest BCUT2D eigenvalue weighted by Crippen LogP contribution is 2.39. The summed E-state index contributed by atoms with van der Waals surface area (Å²) in [5.41, 5.74) is -0.581. The van der Waals surface area contributed by atoms with E-state index in [0.29, 0.717) is 10.8 Å². The number of hydrogen-bond acceptors (Lipinski definition) is 6. The third-order valence-corrected chi connectivity index (χ3v) is 4.82. The van der Waals surface area contributed by atoms with Gasteiger partial charge in [0.25, 0.3) is 0 Å². The first-order valence-electron chi connectivity index (χ1n) is 6.61. The van der Waals surface area contributed by atoms with Crippen molar-refractivity contribution in [1.29, 1.82) is 0 Å². The highest BCUT2D eigenvalue weighted by atomic mass is 32.2. The van der Waals surface area contributed by atoms with E-state index in [0.717, 1.165) is 11.5 Å². The summed E-state index contributed by atoms with van der Waals surface area (Å²) in [6, 6.07) is 0. The second-order valence-corrected chi connectivity index (χ2v) is 8.32. The van der Waals surface area contributed by atoms with Crippen molar-refractivity contribution in [2.75, 3.05) is 18.1 Å². The zero-order valence-electron chi connectivity index (χ0n) is 12.6. The molecule has 1 aliphatic rings. The maximum Gasteiger partial charge on any atom is 0.347 e. The minimum Gasteiger partial charge on any atom is -0.462 e. The lowest BCUT2D eigenvalue weighted by Gasteiger charge is -2.20.